The van der Waals surface area contributed by atoms with Crippen LogP contribution in [0.15, 0.2) is 6.20 Å². The van der Waals surface area contributed by atoms with Gasteiger partial charge in [-0.2, -0.15) is 11.8 Å². The molecular weight excluding hydrogens is 252 g/mol. The number of rotatable bonds is 6. The first-order chi connectivity index (χ1) is 8.47. The van der Waals surface area contributed by atoms with Crippen LogP contribution in [0.2, 0.25) is 0 Å². The molecule has 0 aromatic carbocycles. The van der Waals surface area contributed by atoms with E-state index in [4.69, 9.17) is 5.11 Å². The summed E-state index contributed by atoms with van der Waals surface area (Å²) in [4.78, 5) is 31.0. The van der Waals surface area contributed by atoms with Gasteiger partial charge in [0.2, 0.25) is 0 Å². The maximum Gasteiger partial charge on any atom is 0.355 e. The molecule has 0 aliphatic rings. The predicted molar refractivity (Wildman–Crippen MR) is 70.0 cm³/mol. The minimum absolute atomic E-state index is 0.0859. The molecule has 98 valence electrons. The predicted octanol–water partition coefficient (Wildman–Crippen LogP) is 2.27. The summed E-state index contributed by atoms with van der Waals surface area (Å²) in [6.45, 7) is 5.43. The quantitative estimate of drug-likeness (QED) is 0.797. The summed E-state index contributed by atoms with van der Waals surface area (Å²) in [5.41, 5.74) is -0.113. The number of Topliss-reactive ketones (excluding diaryl/α,β-unsaturated/α-hetero) is 1. The minimum Gasteiger partial charge on any atom is -0.476 e. The van der Waals surface area contributed by atoms with Crippen molar-refractivity contribution in [2.45, 2.75) is 26.5 Å². The van der Waals surface area contributed by atoms with Gasteiger partial charge in [0.25, 0.3) is 0 Å². The summed E-state index contributed by atoms with van der Waals surface area (Å²) in [6.07, 6.45) is 1.32. The van der Waals surface area contributed by atoms with Crippen molar-refractivity contribution >= 4 is 23.5 Å². The number of carbonyl (C=O) groups is 2. The molecule has 0 fully saturated rings. The van der Waals surface area contributed by atoms with Crippen molar-refractivity contribution < 1.29 is 14.7 Å². The number of carboxylic acid groups (broad SMARTS) is 1. The normalized spacial score (nSPS) is 10.7. The Morgan fingerprint density at radius 3 is 2.61 bits per heavy atom. The Morgan fingerprint density at radius 2 is 2.11 bits per heavy atom. The van der Waals surface area contributed by atoms with Gasteiger partial charge >= 0.3 is 5.97 Å². The lowest BCUT2D eigenvalue weighted by molar-refractivity contribution is 0.0683. The Labute approximate surface area is 110 Å². The van der Waals surface area contributed by atoms with Gasteiger partial charge < -0.3 is 5.11 Å². The third-order valence-corrected chi connectivity index (χ3v) is 3.14. The van der Waals surface area contributed by atoms with Crippen LogP contribution in [-0.2, 0) is 5.75 Å². The number of hydrogen-bond donors (Lipinski definition) is 1. The van der Waals surface area contributed by atoms with Crippen molar-refractivity contribution in [2.75, 3.05) is 5.75 Å². The van der Waals surface area contributed by atoms with E-state index in [0.29, 0.717) is 11.6 Å². The molecule has 0 amide bonds. The standard InChI is InChI=1S/C12H16N2O3S/c1-4-18-6-9-13-5-8(11(15)7(2)3)10(14-9)12(16)17/h5,7H,4,6H2,1-3H3,(H,16,17). The number of thioether (sulfide) groups is 1. The van der Waals surface area contributed by atoms with Crippen molar-refractivity contribution in [1.82, 2.24) is 9.97 Å². The minimum atomic E-state index is -1.19. The fraction of sp³-hybridized carbons (Fsp3) is 0.500. The molecule has 0 unspecified atom stereocenters. The lowest BCUT2D eigenvalue weighted by Gasteiger charge is -2.08. The van der Waals surface area contributed by atoms with E-state index in [1.54, 1.807) is 25.6 Å². The SMILES string of the molecule is CCSCc1ncc(C(=O)C(C)C)c(C(=O)O)n1. The lowest BCUT2D eigenvalue weighted by Crippen LogP contribution is -2.17. The Hall–Kier alpha value is -1.43. The molecule has 0 saturated heterocycles. The first-order valence-electron chi connectivity index (χ1n) is 5.68. The zero-order valence-electron chi connectivity index (χ0n) is 10.6. The molecule has 1 heterocycles. The van der Waals surface area contributed by atoms with Crippen LogP contribution in [0.1, 0.15) is 47.4 Å². The largest absolute Gasteiger partial charge is 0.476 e. The van der Waals surface area contributed by atoms with E-state index in [1.807, 2.05) is 6.92 Å². The molecule has 0 aliphatic heterocycles. The number of carboxylic acids is 1. The summed E-state index contributed by atoms with van der Waals surface area (Å²) >= 11 is 1.60. The molecule has 18 heavy (non-hydrogen) atoms. The van der Waals surface area contributed by atoms with E-state index in [0.717, 1.165) is 5.75 Å². The molecule has 1 aromatic heterocycles. The van der Waals surface area contributed by atoms with Crippen LogP contribution in [-0.4, -0.2) is 32.6 Å². The van der Waals surface area contributed by atoms with E-state index >= 15 is 0 Å². The van der Waals surface area contributed by atoms with Gasteiger partial charge in [0.1, 0.15) is 5.82 Å². The van der Waals surface area contributed by atoms with E-state index in [9.17, 15) is 9.59 Å². The molecule has 6 heteroatoms. The smallest absolute Gasteiger partial charge is 0.355 e. The summed E-state index contributed by atoms with van der Waals surface area (Å²) < 4.78 is 0. The van der Waals surface area contributed by atoms with Crippen LogP contribution in [0.5, 0.6) is 0 Å². The van der Waals surface area contributed by atoms with Crippen molar-refractivity contribution in [1.29, 1.82) is 0 Å². The van der Waals surface area contributed by atoms with E-state index in [-0.39, 0.29) is 23.0 Å². The molecule has 0 bridgehead atoms. The fourth-order valence-electron chi connectivity index (χ4n) is 1.34. The number of nitrogens with zero attached hydrogens (tertiary/aromatic N) is 2. The molecule has 0 spiro atoms. The summed E-state index contributed by atoms with van der Waals surface area (Å²) in [5, 5.41) is 9.10. The summed E-state index contributed by atoms with van der Waals surface area (Å²) in [7, 11) is 0. The van der Waals surface area contributed by atoms with Crippen molar-refractivity contribution in [3.8, 4) is 0 Å². The van der Waals surface area contributed by atoms with Gasteiger partial charge in [-0.05, 0) is 5.75 Å². The third-order valence-electron chi connectivity index (χ3n) is 2.27. The molecule has 5 nitrogen and oxygen atoms in total. The highest BCUT2D eigenvalue weighted by atomic mass is 32.2. The van der Waals surface area contributed by atoms with Gasteiger partial charge in [0.15, 0.2) is 11.5 Å². The second-order valence-electron chi connectivity index (χ2n) is 4.01. The number of carbonyl (C=O) groups excluding carboxylic acids is 1. The van der Waals surface area contributed by atoms with Crippen molar-refractivity contribution in [2.24, 2.45) is 5.92 Å². The Bertz CT molecular complexity index is 461. The lowest BCUT2D eigenvalue weighted by atomic mass is 10.0. The average Bonchev–Trinajstić information content (AvgIpc) is 2.34. The second-order valence-corrected chi connectivity index (χ2v) is 5.28. The first-order valence-corrected chi connectivity index (χ1v) is 6.84. The molecule has 1 rings (SSSR count). The van der Waals surface area contributed by atoms with Crippen LogP contribution in [0, 0.1) is 5.92 Å². The molecule has 0 radical (unpaired) electrons. The van der Waals surface area contributed by atoms with Crippen LogP contribution < -0.4 is 0 Å². The van der Waals surface area contributed by atoms with Gasteiger partial charge in [-0.3, -0.25) is 4.79 Å². The molecule has 0 atom stereocenters. The number of ketones is 1. The Balaban J connectivity index is 3.12. The van der Waals surface area contributed by atoms with Crippen LogP contribution in [0.3, 0.4) is 0 Å². The molecule has 0 aliphatic carbocycles. The highest BCUT2D eigenvalue weighted by molar-refractivity contribution is 7.98. The summed E-state index contributed by atoms with van der Waals surface area (Å²) in [5.74, 6) is 0.180. The zero-order valence-corrected chi connectivity index (χ0v) is 11.5. The highest BCUT2D eigenvalue weighted by Gasteiger charge is 2.21. The zero-order chi connectivity index (χ0) is 13.7. The number of aromatic nitrogens is 2. The van der Waals surface area contributed by atoms with Crippen LogP contribution in [0.4, 0.5) is 0 Å². The fourth-order valence-corrected chi connectivity index (χ4v) is 1.86. The van der Waals surface area contributed by atoms with Gasteiger partial charge in [0, 0.05) is 12.1 Å². The Morgan fingerprint density at radius 1 is 1.44 bits per heavy atom. The van der Waals surface area contributed by atoms with Gasteiger partial charge in [0.05, 0.1) is 11.3 Å². The Kier molecular flexibility index (Phi) is 5.27. The average molecular weight is 268 g/mol. The molecule has 0 saturated carbocycles. The second kappa shape index (κ2) is 6.49. The van der Waals surface area contributed by atoms with E-state index in [2.05, 4.69) is 9.97 Å². The maximum atomic E-state index is 11.8. The van der Waals surface area contributed by atoms with Gasteiger partial charge in [-0.25, -0.2) is 14.8 Å². The van der Waals surface area contributed by atoms with Crippen molar-refractivity contribution in [3.05, 3.63) is 23.3 Å². The monoisotopic (exact) mass is 268 g/mol. The number of aromatic carboxylic acids is 1. The topological polar surface area (TPSA) is 80.2 Å². The van der Waals surface area contributed by atoms with Gasteiger partial charge in [-0.1, -0.05) is 20.8 Å². The third kappa shape index (κ3) is 3.53. The molecular formula is C12H16N2O3S. The maximum absolute atomic E-state index is 11.8. The first kappa shape index (κ1) is 14.6. The highest BCUT2D eigenvalue weighted by Crippen LogP contribution is 2.14. The molecule has 1 N–H and O–H groups in total. The molecule has 1 aromatic rings. The van der Waals surface area contributed by atoms with Crippen LogP contribution >= 0.6 is 11.8 Å². The summed E-state index contributed by atoms with van der Waals surface area (Å²) in [6, 6.07) is 0. The number of hydrogen-bond acceptors (Lipinski definition) is 5. The van der Waals surface area contributed by atoms with Crippen LogP contribution in [0.25, 0.3) is 0 Å². The van der Waals surface area contributed by atoms with E-state index < -0.39 is 5.97 Å². The van der Waals surface area contributed by atoms with Crippen molar-refractivity contribution in [3.63, 3.8) is 0 Å². The van der Waals surface area contributed by atoms with Gasteiger partial charge in [-0.15, -0.1) is 0 Å². The van der Waals surface area contributed by atoms with E-state index in [1.165, 1.54) is 6.20 Å².